The van der Waals surface area contributed by atoms with Crippen molar-refractivity contribution in [3.05, 3.63) is 74.9 Å². The first kappa shape index (κ1) is 21.3. The molecule has 0 fully saturated rings. The summed E-state index contributed by atoms with van der Waals surface area (Å²) in [6, 6.07) is 11.1. The first-order valence-electron chi connectivity index (χ1n) is 10.0. The Morgan fingerprint density at radius 2 is 2.06 bits per heavy atom. The lowest BCUT2D eigenvalue weighted by molar-refractivity contribution is 0.0526. The number of aryl methyl sites for hydroxylation is 1. The second-order valence-electron chi connectivity index (χ2n) is 7.21. The molecule has 0 spiro atoms. The minimum absolute atomic E-state index is 0.235. The lowest BCUT2D eigenvalue weighted by Crippen LogP contribution is -2.30. The van der Waals surface area contributed by atoms with Crippen molar-refractivity contribution in [2.45, 2.75) is 26.8 Å². The van der Waals surface area contributed by atoms with Crippen molar-refractivity contribution < 1.29 is 14.3 Å². The summed E-state index contributed by atoms with van der Waals surface area (Å²) in [5.41, 5.74) is 3.84. The molecule has 0 saturated carbocycles. The van der Waals surface area contributed by atoms with Gasteiger partial charge in [-0.05, 0) is 49.6 Å². The quantitative estimate of drug-likeness (QED) is 0.428. The fourth-order valence-electron chi connectivity index (χ4n) is 3.68. The first-order chi connectivity index (χ1) is 15.0. The number of esters is 1. The van der Waals surface area contributed by atoms with Crippen LogP contribution in [0.5, 0.6) is 0 Å². The van der Waals surface area contributed by atoms with Gasteiger partial charge < -0.3 is 15.0 Å². The summed E-state index contributed by atoms with van der Waals surface area (Å²) in [5, 5.41) is 3.94. The van der Waals surface area contributed by atoms with Crippen molar-refractivity contribution in [3.63, 3.8) is 0 Å². The molecule has 4 rings (SSSR count). The monoisotopic (exact) mass is 455 g/mol. The molecule has 31 heavy (non-hydrogen) atoms. The smallest absolute Gasteiger partial charge is 0.341 e. The molecule has 1 aromatic carbocycles. The van der Waals surface area contributed by atoms with Crippen molar-refractivity contribution in [2.75, 3.05) is 23.4 Å². The molecule has 2 aromatic heterocycles. The number of ether oxygens (including phenoxy) is 1. The highest BCUT2D eigenvalue weighted by molar-refractivity contribution is 7.17. The summed E-state index contributed by atoms with van der Waals surface area (Å²) in [6.07, 6.45) is 2.41. The molecule has 1 aliphatic heterocycles. The number of amides is 1. The first-order valence-corrected chi connectivity index (χ1v) is 11.2. The molecular formula is C23H22ClN3O3S. The molecule has 0 atom stereocenters. The van der Waals surface area contributed by atoms with Crippen LogP contribution in [0.4, 0.5) is 10.7 Å². The Kier molecular flexibility index (Phi) is 6.25. The Labute approximate surface area is 189 Å². The molecule has 0 aliphatic carbocycles. The molecule has 3 aromatic rings. The van der Waals surface area contributed by atoms with Gasteiger partial charge in [0.15, 0.2) is 0 Å². The van der Waals surface area contributed by atoms with Crippen LogP contribution in [0.1, 0.15) is 43.6 Å². The van der Waals surface area contributed by atoms with Crippen molar-refractivity contribution in [3.8, 4) is 0 Å². The molecule has 6 nitrogen and oxygen atoms in total. The van der Waals surface area contributed by atoms with E-state index in [0.717, 1.165) is 28.2 Å². The number of hydrogen-bond donors (Lipinski definition) is 1. The second-order valence-corrected chi connectivity index (χ2v) is 8.70. The number of rotatable bonds is 5. The number of hydrogen-bond acceptors (Lipinski definition) is 6. The van der Waals surface area contributed by atoms with Gasteiger partial charge in [-0.15, -0.1) is 11.3 Å². The van der Waals surface area contributed by atoms with Crippen LogP contribution >= 0.6 is 22.9 Å². The molecule has 1 N–H and O–H groups in total. The van der Waals surface area contributed by atoms with Gasteiger partial charge in [-0.1, -0.05) is 29.8 Å². The van der Waals surface area contributed by atoms with E-state index < -0.39 is 5.97 Å². The van der Waals surface area contributed by atoms with E-state index in [1.54, 1.807) is 25.3 Å². The molecular weight excluding hydrogens is 434 g/mol. The third-order valence-corrected chi connectivity index (χ3v) is 6.59. The van der Waals surface area contributed by atoms with Crippen LogP contribution in [0.2, 0.25) is 5.15 Å². The van der Waals surface area contributed by atoms with Crippen LogP contribution in [0.3, 0.4) is 0 Å². The Bertz CT molecular complexity index is 1130. The minimum atomic E-state index is -0.401. The maximum Gasteiger partial charge on any atom is 0.341 e. The highest BCUT2D eigenvalue weighted by atomic mass is 35.5. The maximum atomic E-state index is 12.9. The lowest BCUT2D eigenvalue weighted by atomic mass is 10.0. The van der Waals surface area contributed by atoms with Crippen LogP contribution in [0, 0.1) is 6.92 Å². The Morgan fingerprint density at radius 1 is 1.26 bits per heavy atom. The number of pyridine rings is 1. The zero-order chi connectivity index (χ0) is 22.0. The number of carbonyl (C=O) groups is 2. The Balaban J connectivity index is 1.66. The standard InChI is InChI=1S/C23H22ClN3O3S/c1-3-30-23(29)20-17-10-11-27(15-8-9-19(24)25-12-15)13-18(17)31-22(20)26-21(28)16-7-5-4-6-14(16)2/h4-9,12H,3,10-11,13H2,1-2H3,(H,26,28). The van der Waals surface area contributed by atoms with Gasteiger partial charge in [-0.25, -0.2) is 9.78 Å². The fourth-order valence-corrected chi connectivity index (χ4v) is 5.04. The van der Waals surface area contributed by atoms with Gasteiger partial charge in [-0.3, -0.25) is 4.79 Å². The van der Waals surface area contributed by atoms with Gasteiger partial charge in [0.25, 0.3) is 5.91 Å². The zero-order valence-corrected chi connectivity index (χ0v) is 18.8. The number of carbonyl (C=O) groups excluding carboxylic acids is 2. The lowest BCUT2D eigenvalue weighted by Gasteiger charge is -2.28. The Morgan fingerprint density at radius 3 is 2.77 bits per heavy atom. The average Bonchev–Trinajstić information content (AvgIpc) is 3.11. The summed E-state index contributed by atoms with van der Waals surface area (Å²) >= 11 is 7.34. The largest absolute Gasteiger partial charge is 0.462 e. The average molecular weight is 456 g/mol. The highest BCUT2D eigenvalue weighted by Gasteiger charge is 2.30. The van der Waals surface area contributed by atoms with Gasteiger partial charge in [0, 0.05) is 17.0 Å². The summed E-state index contributed by atoms with van der Waals surface area (Å²) < 4.78 is 5.31. The number of aromatic nitrogens is 1. The van der Waals surface area contributed by atoms with Crippen LogP contribution in [-0.4, -0.2) is 30.0 Å². The molecule has 0 saturated heterocycles. The number of fused-ring (bicyclic) bond motifs is 1. The molecule has 0 radical (unpaired) electrons. The van der Waals surface area contributed by atoms with Crippen LogP contribution in [-0.2, 0) is 17.7 Å². The molecule has 160 valence electrons. The number of halogens is 1. The van der Waals surface area contributed by atoms with E-state index in [0.29, 0.717) is 34.2 Å². The van der Waals surface area contributed by atoms with E-state index >= 15 is 0 Å². The van der Waals surface area contributed by atoms with Gasteiger partial charge >= 0.3 is 5.97 Å². The number of benzene rings is 1. The zero-order valence-electron chi connectivity index (χ0n) is 17.3. The van der Waals surface area contributed by atoms with Gasteiger partial charge in [0.2, 0.25) is 0 Å². The van der Waals surface area contributed by atoms with E-state index in [-0.39, 0.29) is 12.5 Å². The summed E-state index contributed by atoms with van der Waals surface area (Å²) in [7, 11) is 0. The third kappa shape index (κ3) is 4.43. The summed E-state index contributed by atoms with van der Waals surface area (Å²) in [6.45, 7) is 5.29. The van der Waals surface area contributed by atoms with E-state index in [9.17, 15) is 9.59 Å². The van der Waals surface area contributed by atoms with Crippen molar-refractivity contribution in [1.29, 1.82) is 0 Å². The maximum absolute atomic E-state index is 12.9. The van der Waals surface area contributed by atoms with Crippen LogP contribution < -0.4 is 10.2 Å². The number of anilines is 2. The molecule has 1 amide bonds. The molecule has 0 unspecified atom stereocenters. The SMILES string of the molecule is CCOC(=O)c1c(NC(=O)c2ccccc2C)sc2c1CCN(c1ccc(Cl)nc1)C2. The van der Waals surface area contributed by atoms with Crippen molar-refractivity contribution in [1.82, 2.24) is 4.98 Å². The van der Waals surface area contributed by atoms with E-state index in [2.05, 4.69) is 15.2 Å². The van der Waals surface area contributed by atoms with Gasteiger partial charge in [0.05, 0.1) is 30.6 Å². The van der Waals surface area contributed by atoms with E-state index in [1.165, 1.54) is 11.3 Å². The Hall–Kier alpha value is -2.90. The van der Waals surface area contributed by atoms with Crippen molar-refractivity contribution in [2.24, 2.45) is 0 Å². The van der Waals surface area contributed by atoms with Gasteiger partial charge in [0.1, 0.15) is 10.2 Å². The minimum Gasteiger partial charge on any atom is -0.462 e. The van der Waals surface area contributed by atoms with Crippen molar-refractivity contribution >= 4 is 45.5 Å². The van der Waals surface area contributed by atoms with E-state index in [4.69, 9.17) is 16.3 Å². The normalized spacial score (nSPS) is 12.9. The predicted molar refractivity (Wildman–Crippen MR) is 123 cm³/mol. The van der Waals surface area contributed by atoms with Crippen LogP contribution in [0.15, 0.2) is 42.6 Å². The molecule has 3 heterocycles. The number of thiophene rings is 1. The van der Waals surface area contributed by atoms with Crippen LogP contribution in [0.25, 0.3) is 0 Å². The number of nitrogens with one attached hydrogen (secondary N) is 1. The fraction of sp³-hybridized carbons (Fsp3) is 0.261. The molecule has 1 aliphatic rings. The van der Waals surface area contributed by atoms with Gasteiger partial charge in [-0.2, -0.15) is 0 Å². The summed E-state index contributed by atoms with van der Waals surface area (Å²) in [5.74, 6) is -0.636. The third-order valence-electron chi connectivity index (χ3n) is 5.23. The second kappa shape index (κ2) is 9.08. The number of nitrogens with zero attached hydrogens (tertiary/aromatic N) is 2. The summed E-state index contributed by atoms with van der Waals surface area (Å²) in [4.78, 5) is 33.1. The topological polar surface area (TPSA) is 71.5 Å². The van der Waals surface area contributed by atoms with E-state index in [1.807, 2.05) is 31.2 Å². The molecule has 0 bridgehead atoms. The molecule has 8 heteroatoms. The highest BCUT2D eigenvalue weighted by Crippen LogP contribution is 2.39. The predicted octanol–water partition coefficient (Wildman–Crippen LogP) is 5.10.